The molecule has 5 nitrogen and oxygen atoms in total. The van der Waals surface area contributed by atoms with Crippen LogP contribution < -0.4 is 5.73 Å². The molecule has 0 saturated heterocycles. The minimum atomic E-state index is -3.24. The molecule has 1 heterocycles. The summed E-state index contributed by atoms with van der Waals surface area (Å²) in [5.74, 6) is 0. The van der Waals surface area contributed by atoms with Gasteiger partial charge in [-0.05, 0) is 13.8 Å². The molecule has 0 aliphatic carbocycles. The highest BCUT2D eigenvalue weighted by atomic mass is 32.2. The zero-order valence-corrected chi connectivity index (χ0v) is 9.82. The summed E-state index contributed by atoms with van der Waals surface area (Å²) in [6.07, 6.45) is 5.66. The molecule has 1 aromatic heterocycles. The van der Waals surface area contributed by atoms with E-state index in [4.69, 9.17) is 5.73 Å². The van der Waals surface area contributed by atoms with Gasteiger partial charge in [-0.25, -0.2) is 8.42 Å². The molecule has 15 heavy (non-hydrogen) atoms. The molecule has 0 aliphatic rings. The third-order valence-electron chi connectivity index (χ3n) is 2.61. The Morgan fingerprint density at radius 1 is 1.40 bits per heavy atom. The second-order valence-electron chi connectivity index (χ2n) is 3.98. The molecule has 0 aliphatic heterocycles. The maximum Gasteiger partial charge on any atom is 0.154 e. The largest absolute Gasteiger partial charge is 0.321 e. The van der Waals surface area contributed by atoms with Crippen LogP contribution in [0.15, 0.2) is 18.6 Å². The lowest BCUT2D eigenvalue weighted by Crippen LogP contribution is -2.42. The van der Waals surface area contributed by atoms with Crippen molar-refractivity contribution in [3.05, 3.63) is 24.3 Å². The van der Waals surface area contributed by atoms with Crippen molar-refractivity contribution in [2.75, 3.05) is 6.26 Å². The molecule has 1 aromatic rings. The molecule has 84 valence electrons. The van der Waals surface area contributed by atoms with Gasteiger partial charge in [-0.3, -0.25) is 9.97 Å². The molecule has 2 N–H and O–H groups in total. The summed E-state index contributed by atoms with van der Waals surface area (Å²) in [5.41, 5.74) is 6.36. The Hall–Kier alpha value is -1.01. The monoisotopic (exact) mass is 229 g/mol. The number of sulfone groups is 1. The van der Waals surface area contributed by atoms with Crippen molar-refractivity contribution in [2.45, 2.75) is 24.6 Å². The van der Waals surface area contributed by atoms with Crippen LogP contribution in [0, 0.1) is 0 Å². The van der Waals surface area contributed by atoms with Gasteiger partial charge in [0.25, 0.3) is 0 Å². The van der Waals surface area contributed by atoms with Crippen molar-refractivity contribution in [1.82, 2.24) is 9.97 Å². The maximum absolute atomic E-state index is 11.5. The van der Waals surface area contributed by atoms with E-state index in [0.29, 0.717) is 5.69 Å². The molecule has 1 rings (SSSR count). The molecule has 0 fully saturated rings. The van der Waals surface area contributed by atoms with Crippen molar-refractivity contribution in [1.29, 1.82) is 0 Å². The third kappa shape index (κ3) is 2.32. The molecule has 1 unspecified atom stereocenters. The zero-order valence-electron chi connectivity index (χ0n) is 9.01. The highest BCUT2D eigenvalue weighted by Crippen LogP contribution is 2.28. The van der Waals surface area contributed by atoms with E-state index in [2.05, 4.69) is 9.97 Å². The zero-order chi connectivity index (χ0) is 11.7. The SMILES string of the molecule is CC(C)(C(N)c1cnccn1)S(C)(=O)=O. The minimum absolute atomic E-state index is 0.480. The van der Waals surface area contributed by atoms with Crippen LogP contribution in [0.25, 0.3) is 0 Å². The van der Waals surface area contributed by atoms with Gasteiger partial charge in [0.05, 0.1) is 22.7 Å². The average molecular weight is 229 g/mol. The first kappa shape index (κ1) is 12.1. The predicted octanol–water partition coefficient (Wildman–Crippen LogP) is 0.300. The normalized spacial score (nSPS) is 14.9. The summed E-state index contributed by atoms with van der Waals surface area (Å²) >= 11 is 0. The van der Waals surface area contributed by atoms with E-state index in [1.807, 2.05) is 0 Å². The average Bonchev–Trinajstić information content (AvgIpc) is 2.16. The smallest absolute Gasteiger partial charge is 0.154 e. The Labute approximate surface area is 89.7 Å². The Kier molecular flexibility index (Phi) is 3.11. The summed E-state index contributed by atoms with van der Waals surface area (Å²) in [6, 6.07) is -0.679. The van der Waals surface area contributed by atoms with E-state index in [1.54, 1.807) is 13.8 Å². The second kappa shape index (κ2) is 3.86. The molecule has 0 amide bonds. The van der Waals surface area contributed by atoms with Crippen LogP contribution in [0.3, 0.4) is 0 Å². The third-order valence-corrected chi connectivity index (χ3v) is 4.77. The molecule has 6 heteroatoms. The van der Waals surface area contributed by atoms with Crippen LogP contribution in [-0.2, 0) is 9.84 Å². The standard InChI is InChI=1S/C9H15N3O2S/c1-9(2,15(3,13)14)8(10)7-6-11-4-5-12-7/h4-6,8H,10H2,1-3H3. The van der Waals surface area contributed by atoms with E-state index >= 15 is 0 Å². The summed E-state index contributed by atoms with van der Waals surface area (Å²) < 4.78 is 22.0. The van der Waals surface area contributed by atoms with Crippen LogP contribution >= 0.6 is 0 Å². The van der Waals surface area contributed by atoms with Gasteiger partial charge in [-0.1, -0.05) is 0 Å². The fourth-order valence-corrected chi connectivity index (χ4v) is 1.64. The summed E-state index contributed by atoms with van der Waals surface area (Å²) in [6.45, 7) is 3.17. The number of hydrogen-bond donors (Lipinski definition) is 1. The van der Waals surface area contributed by atoms with Gasteiger partial charge in [0.1, 0.15) is 0 Å². The first-order chi connectivity index (χ1) is 6.77. The fraction of sp³-hybridized carbons (Fsp3) is 0.556. The topological polar surface area (TPSA) is 85.9 Å². The van der Waals surface area contributed by atoms with Crippen LogP contribution in [0.1, 0.15) is 25.6 Å². The van der Waals surface area contributed by atoms with Crippen LogP contribution in [0.2, 0.25) is 0 Å². The number of aromatic nitrogens is 2. The fourth-order valence-electron chi connectivity index (χ4n) is 1.06. The molecule has 0 radical (unpaired) electrons. The molecule has 0 aromatic carbocycles. The van der Waals surface area contributed by atoms with E-state index in [0.717, 1.165) is 0 Å². The van der Waals surface area contributed by atoms with Crippen molar-refractivity contribution in [3.63, 3.8) is 0 Å². The van der Waals surface area contributed by atoms with Gasteiger partial charge >= 0.3 is 0 Å². The Morgan fingerprint density at radius 3 is 2.40 bits per heavy atom. The van der Waals surface area contributed by atoms with E-state index in [1.165, 1.54) is 24.8 Å². The van der Waals surface area contributed by atoms with Crippen molar-refractivity contribution in [2.24, 2.45) is 5.73 Å². The summed E-state index contributed by atoms with van der Waals surface area (Å²) in [7, 11) is -3.24. The van der Waals surface area contributed by atoms with Gasteiger partial charge in [0, 0.05) is 18.6 Å². The maximum atomic E-state index is 11.5. The highest BCUT2D eigenvalue weighted by Gasteiger charge is 2.38. The Balaban J connectivity index is 3.11. The van der Waals surface area contributed by atoms with Gasteiger partial charge in [-0.15, -0.1) is 0 Å². The molecule has 0 bridgehead atoms. The van der Waals surface area contributed by atoms with Gasteiger partial charge in [0.15, 0.2) is 9.84 Å². The lowest BCUT2D eigenvalue weighted by molar-refractivity contribution is 0.489. The van der Waals surface area contributed by atoms with Crippen molar-refractivity contribution in [3.8, 4) is 0 Å². The predicted molar refractivity (Wildman–Crippen MR) is 57.9 cm³/mol. The van der Waals surface area contributed by atoms with E-state index in [-0.39, 0.29) is 0 Å². The van der Waals surface area contributed by atoms with Crippen LogP contribution in [0.5, 0.6) is 0 Å². The first-order valence-electron chi connectivity index (χ1n) is 4.48. The second-order valence-corrected chi connectivity index (χ2v) is 6.58. The Morgan fingerprint density at radius 2 is 2.00 bits per heavy atom. The van der Waals surface area contributed by atoms with Gasteiger partial charge in [-0.2, -0.15) is 0 Å². The number of rotatable bonds is 3. The van der Waals surface area contributed by atoms with Crippen LogP contribution in [-0.4, -0.2) is 29.4 Å². The molecule has 0 saturated carbocycles. The van der Waals surface area contributed by atoms with E-state index in [9.17, 15) is 8.42 Å². The molecular formula is C9H15N3O2S. The first-order valence-corrected chi connectivity index (χ1v) is 6.37. The van der Waals surface area contributed by atoms with Crippen molar-refractivity contribution >= 4 is 9.84 Å². The van der Waals surface area contributed by atoms with Crippen LogP contribution in [0.4, 0.5) is 0 Å². The van der Waals surface area contributed by atoms with Crippen molar-refractivity contribution < 1.29 is 8.42 Å². The molecule has 1 atom stereocenters. The number of nitrogens with zero attached hydrogens (tertiary/aromatic N) is 2. The quantitative estimate of drug-likeness (QED) is 0.805. The lowest BCUT2D eigenvalue weighted by atomic mass is 10.0. The minimum Gasteiger partial charge on any atom is -0.321 e. The van der Waals surface area contributed by atoms with E-state index < -0.39 is 20.6 Å². The molecular weight excluding hydrogens is 214 g/mol. The number of nitrogens with two attached hydrogens (primary N) is 1. The highest BCUT2D eigenvalue weighted by molar-refractivity contribution is 7.92. The lowest BCUT2D eigenvalue weighted by Gasteiger charge is -2.28. The number of hydrogen-bond acceptors (Lipinski definition) is 5. The van der Waals surface area contributed by atoms with Gasteiger partial charge in [0.2, 0.25) is 0 Å². The molecule has 0 spiro atoms. The Bertz CT molecular complexity index is 428. The summed E-state index contributed by atoms with van der Waals surface area (Å²) in [4.78, 5) is 7.87. The van der Waals surface area contributed by atoms with Gasteiger partial charge < -0.3 is 5.73 Å². The summed E-state index contributed by atoms with van der Waals surface area (Å²) in [5, 5.41) is 0.